The highest BCUT2D eigenvalue weighted by Crippen LogP contribution is 2.33. The number of aliphatic hydroxyl groups is 1. The van der Waals surface area contributed by atoms with Gasteiger partial charge in [-0.3, -0.25) is 4.79 Å². The summed E-state index contributed by atoms with van der Waals surface area (Å²) in [6.45, 7) is 5.15. The maximum Gasteiger partial charge on any atom is 0.225 e. The number of rotatable bonds is 2. The summed E-state index contributed by atoms with van der Waals surface area (Å²) in [5.41, 5.74) is -0.719. The van der Waals surface area contributed by atoms with E-state index in [4.69, 9.17) is 0 Å². The van der Waals surface area contributed by atoms with Crippen LogP contribution in [0.15, 0.2) is 0 Å². The van der Waals surface area contributed by atoms with E-state index < -0.39 is 5.60 Å². The Balaban J connectivity index is 1.94. The molecule has 1 saturated carbocycles. The Kier molecular flexibility index (Phi) is 4.59. The molecule has 0 spiro atoms. The summed E-state index contributed by atoms with van der Waals surface area (Å²) in [6.07, 6.45) is 5.24. The Hall–Kier alpha value is -0.220. The minimum absolute atomic E-state index is 0.152. The van der Waals surface area contributed by atoms with Crippen molar-refractivity contribution in [3.8, 4) is 0 Å². The van der Waals surface area contributed by atoms with E-state index in [2.05, 4.69) is 13.8 Å². The van der Waals surface area contributed by atoms with Gasteiger partial charge in [0.1, 0.15) is 0 Å². The maximum atomic E-state index is 12.4. The van der Waals surface area contributed by atoms with E-state index in [9.17, 15) is 9.90 Å². The molecule has 1 N–H and O–H groups in total. The Labute approximate surface area is 114 Å². The molecule has 18 heavy (non-hydrogen) atoms. The zero-order chi connectivity index (χ0) is 13.2. The summed E-state index contributed by atoms with van der Waals surface area (Å²) in [4.78, 5) is 14.4. The fraction of sp³-hybridized carbons (Fsp3) is 0.929. The molecular weight excluding hydrogens is 246 g/mol. The molecule has 4 heteroatoms. The third-order valence-corrected chi connectivity index (χ3v) is 5.81. The number of carbonyl (C=O) groups excluding carboxylic acids is 1. The van der Waals surface area contributed by atoms with Crippen LogP contribution in [0.3, 0.4) is 0 Å². The van der Waals surface area contributed by atoms with Gasteiger partial charge in [0.2, 0.25) is 5.91 Å². The first-order chi connectivity index (χ1) is 8.52. The van der Waals surface area contributed by atoms with Crippen molar-refractivity contribution in [1.29, 1.82) is 0 Å². The molecule has 0 aromatic rings. The maximum absolute atomic E-state index is 12.4. The third kappa shape index (κ3) is 3.21. The first kappa shape index (κ1) is 14.2. The second kappa shape index (κ2) is 5.83. The molecule has 1 heterocycles. The number of thioether (sulfide) groups is 1. The van der Waals surface area contributed by atoms with E-state index >= 15 is 0 Å². The predicted molar refractivity (Wildman–Crippen MR) is 75.7 cm³/mol. The van der Waals surface area contributed by atoms with Gasteiger partial charge in [0, 0.05) is 23.6 Å². The predicted octanol–water partition coefficient (Wildman–Crippen LogP) is 2.42. The van der Waals surface area contributed by atoms with Crippen molar-refractivity contribution < 1.29 is 9.90 Å². The molecular formula is C14H25NO2S. The van der Waals surface area contributed by atoms with Crippen molar-refractivity contribution >= 4 is 17.7 Å². The van der Waals surface area contributed by atoms with Crippen LogP contribution in [0.4, 0.5) is 0 Å². The molecule has 2 aliphatic rings. The molecule has 0 aromatic carbocycles. The molecule has 2 atom stereocenters. The Morgan fingerprint density at radius 1 is 1.33 bits per heavy atom. The summed E-state index contributed by atoms with van der Waals surface area (Å²) in [7, 11) is 0. The monoisotopic (exact) mass is 271 g/mol. The first-order valence-electron chi connectivity index (χ1n) is 7.15. The summed E-state index contributed by atoms with van der Waals surface area (Å²) in [5, 5.41) is 11.0. The molecule has 1 aliphatic heterocycles. The minimum Gasteiger partial charge on any atom is -0.389 e. The average molecular weight is 271 g/mol. The Bertz CT molecular complexity index is 302. The average Bonchev–Trinajstić information content (AvgIpc) is 2.33. The van der Waals surface area contributed by atoms with Gasteiger partial charge in [0.05, 0.1) is 12.0 Å². The smallest absolute Gasteiger partial charge is 0.225 e. The standard InChI is InChI=1S/C14H25NO2S/c1-11-12(2)18-9-8-15(11)13(16)10-14(17)6-4-3-5-7-14/h11-12,17H,3-10H2,1-2H3. The molecule has 0 radical (unpaired) electrons. The van der Waals surface area contributed by atoms with Crippen LogP contribution < -0.4 is 0 Å². The molecule has 1 aliphatic carbocycles. The van der Waals surface area contributed by atoms with Crippen molar-refractivity contribution in [3.63, 3.8) is 0 Å². The summed E-state index contributed by atoms with van der Waals surface area (Å²) in [6, 6.07) is 0.295. The Morgan fingerprint density at radius 3 is 2.67 bits per heavy atom. The van der Waals surface area contributed by atoms with Crippen LogP contribution in [0.25, 0.3) is 0 Å². The van der Waals surface area contributed by atoms with Crippen LogP contribution in [-0.2, 0) is 4.79 Å². The summed E-state index contributed by atoms with van der Waals surface area (Å²) >= 11 is 1.94. The van der Waals surface area contributed by atoms with Crippen LogP contribution in [0.2, 0.25) is 0 Å². The fourth-order valence-corrected chi connectivity index (χ4v) is 4.15. The molecule has 2 fully saturated rings. The second-order valence-electron chi connectivity index (χ2n) is 5.87. The Morgan fingerprint density at radius 2 is 2.00 bits per heavy atom. The van der Waals surface area contributed by atoms with Crippen molar-refractivity contribution in [3.05, 3.63) is 0 Å². The van der Waals surface area contributed by atoms with Crippen LogP contribution in [0, 0.1) is 0 Å². The summed E-state index contributed by atoms with van der Waals surface area (Å²) < 4.78 is 0. The zero-order valence-electron chi connectivity index (χ0n) is 11.5. The van der Waals surface area contributed by atoms with Gasteiger partial charge in [0.25, 0.3) is 0 Å². The van der Waals surface area contributed by atoms with Crippen molar-refractivity contribution in [2.75, 3.05) is 12.3 Å². The van der Waals surface area contributed by atoms with Gasteiger partial charge in [-0.15, -0.1) is 0 Å². The van der Waals surface area contributed by atoms with Crippen molar-refractivity contribution in [1.82, 2.24) is 4.90 Å². The molecule has 3 nitrogen and oxygen atoms in total. The number of amides is 1. The lowest BCUT2D eigenvalue weighted by atomic mass is 9.82. The first-order valence-corrected chi connectivity index (χ1v) is 8.20. The van der Waals surface area contributed by atoms with E-state index in [1.165, 1.54) is 6.42 Å². The van der Waals surface area contributed by atoms with Gasteiger partial charge in [-0.2, -0.15) is 11.8 Å². The highest BCUT2D eigenvalue weighted by molar-refractivity contribution is 8.00. The lowest BCUT2D eigenvalue weighted by Gasteiger charge is -2.40. The highest BCUT2D eigenvalue weighted by atomic mass is 32.2. The molecule has 1 saturated heterocycles. The van der Waals surface area contributed by atoms with Crippen LogP contribution >= 0.6 is 11.8 Å². The van der Waals surface area contributed by atoms with Crippen molar-refractivity contribution in [2.45, 2.75) is 69.3 Å². The largest absolute Gasteiger partial charge is 0.389 e. The molecule has 104 valence electrons. The molecule has 1 amide bonds. The fourth-order valence-electron chi connectivity index (χ4n) is 3.05. The van der Waals surface area contributed by atoms with Gasteiger partial charge < -0.3 is 10.0 Å². The van der Waals surface area contributed by atoms with Gasteiger partial charge in [-0.1, -0.05) is 26.2 Å². The number of hydrogen-bond donors (Lipinski definition) is 1. The van der Waals surface area contributed by atoms with Crippen LogP contribution in [0.1, 0.15) is 52.4 Å². The normalized spacial score (nSPS) is 32.3. The lowest BCUT2D eigenvalue weighted by Crippen LogP contribution is -2.50. The SMILES string of the molecule is CC1SCCN(C(=O)CC2(O)CCCCC2)C1C. The molecule has 0 bridgehead atoms. The quantitative estimate of drug-likeness (QED) is 0.838. The van der Waals surface area contributed by atoms with E-state index in [-0.39, 0.29) is 5.91 Å². The topological polar surface area (TPSA) is 40.5 Å². The number of nitrogens with zero attached hydrogens (tertiary/aromatic N) is 1. The van der Waals surface area contributed by atoms with Gasteiger partial charge in [0.15, 0.2) is 0 Å². The molecule has 2 unspecified atom stereocenters. The van der Waals surface area contributed by atoms with Crippen molar-refractivity contribution in [2.24, 2.45) is 0 Å². The minimum atomic E-state index is -0.719. The van der Waals surface area contributed by atoms with E-state index in [0.717, 1.165) is 38.0 Å². The van der Waals surface area contributed by atoms with E-state index in [0.29, 0.717) is 17.7 Å². The van der Waals surface area contributed by atoms with Crippen LogP contribution in [-0.4, -0.2) is 45.1 Å². The lowest BCUT2D eigenvalue weighted by molar-refractivity contribution is -0.139. The highest BCUT2D eigenvalue weighted by Gasteiger charge is 2.36. The number of carbonyl (C=O) groups is 1. The van der Waals surface area contributed by atoms with E-state index in [1.807, 2.05) is 16.7 Å². The zero-order valence-corrected chi connectivity index (χ0v) is 12.3. The number of hydrogen-bond acceptors (Lipinski definition) is 3. The van der Waals surface area contributed by atoms with Gasteiger partial charge >= 0.3 is 0 Å². The second-order valence-corrected chi connectivity index (χ2v) is 7.35. The summed E-state index contributed by atoms with van der Waals surface area (Å²) in [5.74, 6) is 1.18. The third-order valence-electron chi connectivity index (χ3n) is 4.47. The van der Waals surface area contributed by atoms with E-state index in [1.54, 1.807) is 0 Å². The van der Waals surface area contributed by atoms with Gasteiger partial charge in [-0.05, 0) is 19.8 Å². The molecule has 0 aromatic heterocycles. The molecule has 2 rings (SSSR count). The van der Waals surface area contributed by atoms with Crippen LogP contribution in [0.5, 0.6) is 0 Å². The van der Waals surface area contributed by atoms with Gasteiger partial charge in [-0.25, -0.2) is 0 Å².